The molecule has 5 rings (SSSR count). The minimum Gasteiger partial charge on any atom is -0.480 e. The average Bonchev–Trinajstić information content (AvgIpc) is 3.41. The Bertz CT molecular complexity index is 2000. The van der Waals surface area contributed by atoms with Crippen molar-refractivity contribution in [1.82, 2.24) is 19.7 Å². The summed E-state index contributed by atoms with van der Waals surface area (Å²) >= 11 is 0. The zero-order valence-electron chi connectivity index (χ0n) is 28.6. The van der Waals surface area contributed by atoms with E-state index in [1.807, 2.05) is 0 Å². The number of nitrogens with one attached hydrogen (secondary N) is 1. The number of fused-ring (bicyclic) bond motifs is 5. The van der Waals surface area contributed by atoms with Crippen molar-refractivity contribution in [2.24, 2.45) is 5.16 Å². The average molecular weight is 786 g/mol. The van der Waals surface area contributed by atoms with Gasteiger partial charge in [0.15, 0.2) is 11.3 Å². The lowest BCUT2D eigenvalue weighted by molar-refractivity contribution is -0.138. The summed E-state index contributed by atoms with van der Waals surface area (Å²) in [6.07, 6.45) is -0.759. The lowest BCUT2D eigenvalue weighted by Crippen LogP contribution is -2.52. The molecular formula is C31H34F2N5O15P. The molecule has 292 valence electrons. The summed E-state index contributed by atoms with van der Waals surface area (Å²) in [6.45, 7) is -0.644. The monoisotopic (exact) mass is 785 g/mol. The van der Waals surface area contributed by atoms with Crippen LogP contribution in [0.2, 0.25) is 0 Å². The van der Waals surface area contributed by atoms with Gasteiger partial charge in [-0.15, -0.1) is 0 Å². The van der Waals surface area contributed by atoms with Crippen LogP contribution < -0.4 is 15.5 Å². The lowest BCUT2D eigenvalue weighted by Gasteiger charge is -2.42. The predicted octanol–water partition coefficient (Wildman–Crippen LogP) is 1.88. The first-order valence-electron chi connectivity index (χ1n) is 16.1. The van der Waals surface area contributed by atoms with Crippen LogP contribution in [0, 0.1) is 11.6 Å². The molecule has 3 aliphatic rings. The van der Waals surface area contributed by atoms with E-state index in [0.717, 1.165) is 18.3 Å². The van der Waals surface area contributed by atoms with Crippen molar-refractivity contribution in [3.8, 4) is 5.75 Å². The second-order valence-corrected chi connectivity index (χ2v) is 13.8. The highest BCUT2D eigenvalue weighted by atomic mass is 31.2. The molecule has 2 aromatic rings. The Morgan fingerprint density at radius 2 is 1.93 bits per heavy atom. The highest BCUT2D eigenvalue weighted by molar-refractivity contribution is 7.46. The van der Waals surface area contributed by atoms with Crippen molar-refractivity contribution in [3.63, 3.8) is 0 Å². The molecule has 23 heteroatoms. The molecule has 0 aliphatic carbocycles. The topological polar surface area (TPSA) is 262 Å². The molecule has 3 atom stereocenters. The van der Waals surface area contributed by atoms with Gasteiger partial charge in [0.1, 0.15) is 30.3 Å². The number of oxime groups is 1. The van der Waals surface area contributed by atoms with E-state index < -0.39 is 117 Å². The molecule has 20 nitrogen and oxygen atoms in total. The van der Waals surface area contributed by atoms with Crippen LogP contribution in [0.25, 0.3) is 0 Å². The molecule has 2 bridgehead atoms. The molecule has 1 spiro atoms. The number of nitrogens with zero attached hydrogens (tertiary/aromatic N) is 4. The molecule has 3 aliphatic heterocycles. The standard InChI is InChI=1S/C31H34F2N5O15P/c1-16-10-31(53-35-16)6-5-17(2)37-13-22(31)38-12-20(27(42)34-11-18-3-4-19(32)9-21(18)33)25(41)26(24(38)28(37)43)52-30(45)49-8-7-36(14-23(39)40)29(44)50-15-51-54(46,47)48/h3-4,9,12,17,22H,5-8,10-11,13-15H2,1-2H3,(H,34,42)(H,39,40)(H2,46,47,48)/t17-,22+,31-/m0/s1. The Kier molecular flexibility index (Phi) is 11.7. The third-order valence-electron chi connectivity index (χ3n) is 8.88. The molecule has 4 heterocycles. The SMILES string of the molecule is CC1=NO[C@@]2(CC[C@H](C)N3C[C@H]2n2cc(C(=O)NCc4ccc(F)cc4F)c(=O)c(OC(=O)OCCN(CC(=O)O)C(=O)OCOP(=O)(O)O)c2C3=O)C1. The maximum absolute atomic E-state index is 14.3. The zero-order valence-corrected chi connectivity index (χ0v) is 29.5. The molecule has 4 N–H and O–H groups in total. The summed E-state index contributed by atoms with van der Waals surface area (Å²) in [6, 6.07) is 1.50. The number of hydrogen-bond donors (Lipinski definition) is 4. The number of carboxylic acid groups (broad SMARTS) is 1. The van der Waals surface area contributed by atoms with E-state index in [2.05, 4.69) is 19.7 Å². The highest BCUT2D eigenvalue weighted by Crippen LogP contribution is 2.46. The number of halogens is 2. The summed E-state index contributed by atoms with van der Waals surface area (Å²) in [5.41, 5.74) is -2.83. The number of carbonyl (C=O) groups excluding carboxylic acids is 4. The van der Waals surface area contributed by atoms with Crippen LogP contribution in [-0.2, 0) is 34.7 Å². The molecule has 1 aromatic carbocycles. The summed E-state index contributed by atoms with van der Waals surface area (Å²) in [4.78, 5) is 103. The number of benzene rings is 1. The van der Waals surface area contributed by atoms with E-state index in [-0.39, 0.29) is 18.2 Å². The largest absolute Gasteiger partial charge is 0.514 e. The molecule has 0 unspecified atom stereocenters. The fraction of sp³-hybridized carbons (Fsp3) is 0.452. The summed E-state index contributed by atoms with van der Waals surface area (Å²) in [5, 5.41) is 15.7. The molecular weight excluding hydrogens is 751 g/mol. The van der Waals surface area contributed by atoms with E-state index in [9.17, 15) is 42.1 Å². The molecule has 0 radical (unpaired) electrons. The van der Waals surface area contributed by atoms with Crippen molar-refractivity contribution in [2.45, 2.75) is 57.3 Å². The summed E-state index contributed by atoms with van der Waals surface area (Å²) < 4.78 is 58.6. The van der Waals surface area contributed by atoms with Crippen LogP contribution in [0.1, 0.15) is 65.6 Å². The fourth-order valence-corrected chi connectivity index (χ4v) is 6.48. The number of aliphatic carboxylic acids is 1. The normalized spacial score (nSPS) is 20.3. The Morgan fingerprint density at radius 3 is 2.57 bits per heavy atom. The Hall–Kier alpha value is -5.44. The second-order valence-electron chi connectivity index (χ2n) is 12.6. The summed E-state index contributed by atoms with van der Waals surface area (Å²) in [7, 11) is -5.04. The van der Waals surface area contributed by atoms with Crippen molar-refractivity contribution < 1.29 is 75.8 Å². The van der Waals surface area contributed by atoms with Gasteiger partial charge in [0, 0.05) is 43.4 Å². The van der Waals surface area contributed by atoms with Crippen LogP contribution in [0.15, 0.2) is 34.3 Å². The van der Waals surface area contributed by atoms with E-state index in [1.54, 1.807) is 13.8 Å². The number of amides is 3. The minimum atomic E-state index is -5.04. The number of carbonyl (C=O) groups is 5. The van der Waals surface area contributed by atoms with Gasteiger partial charge in [-0.05, 0) is 32.8 Å². The maximum atomic E-state index is 14.3. The van der Waals surface area contributed by atoms with Crippen molar-refractivity contribution in [1.29, 1.82) is 0 Å². The number of aromatic nitrogens is 1. The van der Waals surface area contributed by atoms with Gasteiger partial charge in [0.25, 0.3) is 11.8 Å². The third kappa shape index (κ3) is 8.84. The van der Waals surface area contributed by atoms with Crippen LogP contribution >= 0.6 is 7.82 Å². The van der Waals surface area contributed by atoms with Crippen molar-refractivity contribution >= 4 is 43.6 Å². The first-order chi connectivity index (χ1) is 25.4. The van der Waals surface area contributed by atoms with Crippen LogP contribution in [-0.4, -0.2) is 110 Å². The van der Waals surface area contributed by atoms with Gasteiger partial charge in [-0.1, -0.05) is 11.2 Å². The van der Waals surface area contributed by atoms with Crippen molar-refractivity contribution in [3.05, 3.63) is 63.1 Å². The maximum Gasteiger partial charge on any atom is 0.514 e. The van der Waals surface area contributed by atoms with Crippen molar-refractivity contribution in [2.75, 3.05) is 33.0 Å². The smallest absolute Gasteiger partial charge is 0.480 e. The number of pyridine rings is 1. The van der Waals surface area contributed by atoms with Crippen LogP contribution in [0.5, 0.6) is 5.75 Å². The number of rotatable bonds is 12. The number of carboxylic acids is 1. The number of phosphoric ester groups is 1. The molecule has 1 aromatic heterocycles. The number of phosphoric acid groups is 1. The number of ether oxygens (including phenoxy) is 3. The third-order valence-corrected chi connectivity index (χ3v) is 9.32. The predicted molar refractivity (Wildman–Crippen MR) is 174 cm³/mol. The van der Waals surface area contributed by atoms with E-state index in [1.165, 1.54) is 9.47 Å². The van der Waals surface area contributed by atoms with Gasteiger partial charge in [-0.2, -0.15) is 0 Å². The second kappa shape index (κ2) is 15.9. The first kappa shape index (κ1) is 39.8. The van der Waals surface area contributed by atoms with E-state index in [4.69, 9.17) is 29.2 Å². The van der Waals surface area contributed by atoms with Gasteiger partial charge in [0.05, 0.1) is 18.3 Å². The molecule has 0 saturated carbocycles. The van der Waals surface area contributed by atoms with E-state index in [0.29, 0.717) is 35.9 Å². The van der Waals surface area contributed by atoms with Gasteiger partial charge < -0.3 is 48.7 Å². The Labute approximate surface area is 303 Å². The zero-order chi connectivity index (χ0) is 39.5. The highest BCUT2D eigenvalue weighted by Gasteiger charge is 2.54. The minimum absolute atomic E-state index is 0.0547. The quantitative estimate of drug-likeness (QED) is 0.136. The van der Waals surface area contributed by atoms with Gasteiger partial charge in [-0.25, -0.2) is 27.5 Å². The fourth-order valence-electron chi connectivity index (χ4n) is 6.29. The van der Waals surface area contributed by atoms with Gasteiger partial charge in [-0.3, -0.25) is 24.1 Å². The van der Waals surface area contributed by atoms with E-state index >= 15 is 0 Å². The molecule has 3 amide bonds. The lowest BCUT2D eigenvalue weighted by atomic mass is 9.84. The molecule has 1 saturated heterocycles. The van der Waals surface area contributed by atoms with Gasteiger partial charge >= 0.3 is 26.0 Å². The molecule has 54 heavy (non-hydrogen) atoms. The summed E-state index contributed by atoms with van der Waals surface area (Å²) in [5.74, 6) is -6.10. The van der Waals surface area contributed by atoms with Crippen LogP contribution in [0.3, 0.4) is 0 Å². The van der Waals surface area contributed by atoms with Gasteiger partial charge in [0.2, 0.25) is 18.0 Å². The number of hydrogen-bond acceptors (Lipinski definition) is 13. The van der Waals surface area contributed by atoms with Crippen LogP contribution in [0.4, 0.5) is 18.4 Å². The Morgan fingerprint density at radius 1 is 1.19 bits per heavy atom. The molecule has 1 fully saturated rings. The Balaban J connectivity index is 1.45. The first-order valence-corrected chi connectivity index (χ1v) is 17.6.